The predicted octanol–water partition coefficient (Wildman–Crippen LogP) is -17.1. The van der Waals surface area contributed by atoms with Gasteiger partial charge in [-0.3, -0.25) is 76.7 Å². The number of rotatable bonds is 52. The molecule has 5 rings (SSSR count). The van der Waals surface area contributed by atoms with E-state index in [1.54, 1.807) is 0 Å². The lowest BCUT2D eigenvalue weighted by atomic mass is 9.79. The summed E-state index contributed by atoms with van der Waals surface area (Å²) in [5.41, 5.74) is -6.93. The van der Waals surface area contributed by atoms with Gasteiger partial charge in [-0.1, -0.05) is 0 Å². The van der Waals surface area contributed by atoms with Crippen LogP contribution in [0.1, 0.15) is 148 Å². The zero-order chi connectivity index (χ0) is 97.5. The highest BCUT2D eigenvalue weighted by atomic mass is 32.2. The molecule has 3 unspecified atom stereocenters. The number of nitrogens with two attached hydrogens (primary N) is 1. The Morgan fingerprint density at radius 1 is 0.277 bits per heavy atom. The molecule has 5 aliphatic carbocycles. The van der Waals surface area contributed by atoms with E-state index < -0.39 is 357 Å². The number of aliphatic hydroxyl groups excluding tert-OH is 15. The normalized spacial score (nSPS) is 30.4. The average molecular weight is 1910 g/mol. The summed E-state index contributed by atoms with van der Waals surface area (Å²) < 4.78 is 0. The maximum Gasteiger partial charge on any atom is 0.322 e. The standard InChI is InChI=1S/C76H126N14O38S2/c77-51(101)13-18-79-61(113)35(9-2-6-15-80-67(119)72(124)19-41(91)56(108)42(92)20-72)86-64(116)36(85-53(103)34-130-32-40(63(115)84-30-55(106)107)88-66(118)38(90-71(123)76(128)27-49(99)60(112)50(100)28-76)12-4-8-17-82-69(121)74(126)23-45(95)58(110)46(96)24-74)10-1-5-14-78-52(102)33-129-31-39(62(114)83-29-54(104)105)87-65(117)37(89-70(122)75(127)25-47(97)59(111)48(98)26-75)11-3-7-16-81-68(120)73(125)21-43(93)57(109)44(94)22-73/h35-50,56-60,91-100,108-112,124-128H,1-34H2,(H2,77,101)(H,78,102)(H,79,113)(H,80,119)(H,81,120)(H,82,121)(H,83,114)(H,84,115)(H,85,103)(H,86,116)(H,87,117)(H,88,118)(H,89,122)(H,90,123)(H,104,105)(H,106,107)/t35-,36?,37?,38-,39-,40?,41+,42+,43+,44+,45+,46+,47+,48+,49+,50+,56?,57?,58?,59?,60?,72?,73?,74?,75?,76?/m0/s1. The fraction of sp³-hybridized carbons (Fsp3) is 0.789. The van der Waals surface area contributed by atoms with Crippen LogP contribution in [0.15, 0.2) is 0 Å². The van der Waals surface area contributed by atoms with Gasteiger partial charge in [0.15, 0.2) is 0 Å². The number of nitrogens with one attached hydrogen (secondary N) is 13. The van der Waals surface area contributed by atoms with E-state index >= 15 is 0 Å². The molecule has 5 fully saturated rings. The number of hydrogen-bond donors (Lipinski definition) is 36. The summed E-state index contributed by atoms with van der Waals surface area (Å²) in [7, 11) is 0. The van der Waals surface area contributed by atoms with E-state index in [2.05, 4.69) is 69.1 Å². The molecule has 0 aromatic heterocycles. The average Bonchev–Trinajstić information content (AvgIpc) is 0.752. The Kier molecular flexibility index (Phi) is 44.9. The van der Waals surface area contributed by atoms with Crippen LogP contribution in [-0.2, 0) is 76.7 Å². The van der Waals surface area contributed by atoms with Gasteiger partial charge in [-0.05, 0) is 77.0 Å². The van der Waals surface area contributed by atoms with Crippen molar-refractivity contribution in [2.45, 2.75) is 303 Å². The van der Waals surface area contributed by atoms with Gasteiger partial charge in [-0.25, -0.2) is 0 Å². The Labute approximate surface area is 751 Å². The Bertz CT molecular complexity index is 3810. The van der Waals surface area contributed by atoms with E-state index in [1.807, 2.05) is 0 Å². The van der Waals surface area contributed by atoms with Crippen LogP contribution in [0, 0.1) is 0 Å². The number of amides is 14. The van der Waals surface area contributed by atoms with Crippen molar-refractivity contribution in [3.63, 3.8) is 0 Å². The molecule has 54 heteroatoms. The number of aliphatic hydroxyl groups is 20. The second kappa shape index (κ2) is 52.2. The maximum absolute atomic E-state index is 14.6. The minimum atomic E-state index is -2.65. The number of unbranched alkanes of at least 4 members (excludes halogenated alkanes) is 4. The van der Waals surface area contributed by atoms with E-state index in [0.29, 0.717) is 23.5 Å². The van der Waals surface area contributed by atoms with Crippen LogP contribution in [0.4, 0.5) is 0 Å². The van der Waals surface area contributed by atoms with E-state index in [-0.39, 0.29) is 110 Å². The first-order chi connectivity index (χ1) is 60.8. The topological polar surface area (TPSA) is 901 Å². The van der Waals surface area contributed by atoms with E-state index in [0.717, 1.165) is 0 Å². The minimum absolute atomic E-state index is 0.00228. The number of hydrogen-bond acceptors (Lipinski definition) is 38. The zero-order valence-corrected chi connectivity index (χ0v) is 72.6. The molecule has 0 heterocycles. The SMILES string of the molecule is NC(=O)CCNC(=O)[C@H](CCCCNC(=O)C1(O)C[C@@H](O)C(O)[C@H](O)C1)NC(=O)C(CCCCNC(=O)CSC[C@H](NC(=O)C(CCCCNC(=O)C1(O)C[C@@H](O)C(O)[C@H](O)C1)NC(=O)C1(O)C[C@@H](O)C(O)[C@H](O)C1)C(=O)NCC(=O)O)NC(=O)CSCC(NC(=O)[C@H](CCCCNC(=O)C1(O)C[C@@H](O)C(O)[C@H](O)C1)NC(=O)C1(O)C[C@@H](O)C(O)[C@H](O)C1)C(=O)NCC(=O)O. The van der Waals surface area contributed by atoms with Crippen molar-refractivity contribution in [2.24, 2.45) is 5.73 Å². The molecule has 5 saturated carbocycles. The summed E-state index contributed by atoms with van der Waals surface area (Å²) in [5.74, 6) is -20.6. The lowest BCUT2D eigenvalue weighted by Gasteiger charge is -2.39. The summed E-state index contributed by atoms with van der Waals surface area (Å²) in [6, 6.07) is -10.2. The molecular formula is C76H126N14O38S2. The van der Waals surface area contributed by atoms with Gasteiger partial charge in [0.1, 0.15) is 108 Å². The Hall–Kier alpha value is -8.58. The molecular weight excluding hydrogens is 1780 g/mol. The summed E-state index contributed by atoms with van der Waals surface area (Å²) in [6.45, 7) is -3.30. The van der Waals surface area contributed by atoms with Crippen LogP contribution in [0.3, 0.4) is 0 Å². The lowest BCUT2D eigenvalue weighted by molar-refractivity contribution is -0.173. The molecule has 14 amide bonds. The summed E-state index contributed by atoms with van der Waals surface area (Å²) in [5, 5.41) is 258. The Morgan fingerprint density at radius 3 is 0.792 bits per heavy atom. The number of aliphatic carboxylic acids is 2. The van der Waals surface area contributed by atoms with Crippen LogP contribution in [0.5, 0.6) is 0 Å². The number of carboxylic acids is 2. The molecule has 130 heavy (non-hydrogen) atoms. The first-order valence-electron chi connectivity index (χ1n) is 42.3. The van der Waals surface area contributed by atoms with Gasteiger partial charge in [-0.2, -0.15) is 0 Å². The summed E-state index contributed by atoms with van der Waals surface area (Å²) in [4.78, 5) is 214. The zero-order valence-electron chi connectivity index (χ0n) is 70.9. The molecule has 0 aliphatic heterocycles. The highest BCUT2D eigenvalue weighted by Crippen LogP contribution is 2.35. The maximum atomic E-state index is 14.6. The van der Waals surface area contributed by atoms with Crippen molar-refractivity contribution in [2.75, 3.05) is 68.8 Å². The van der Waals surface area contributed by atoms with Crippen LogP contribution in [-0.4, -0.2) is 432 Å². The van der Waals surface area contributed by atoms with Crippen molar-refractivity contribution in [1.29, 1.82) is 0 Å². The number of carbonyl (C=O) groups excluding carboxylic acids is 14. The highest BCUT2D eigenvalue weighted by Gasteiger charge is 2.54. The molecule has 740 valence electrons. The molecule has 0 bridgehead atoms. The van der Waals surface area contributed by atoms with E-state index in [9.17, 15) is 189 Å². The fourth-order valence-electron chi connectivity index (χ4n) is 15.2. The summed E-state index contributed by atoms with van der Waals surface area (Å²) >= 11 is 1.29. The van der Waals surface area contributed by atoms with Gasteiger partial charge in [-0.15, -0.1) is 23.5 Å². The molecule has 0 saturated heterocycles. The summed E-state index contributed by atoms with van der Waals surface area (Å²) in [6.07, 6.45) is -35.5. The third-order valence-corrected chi connectivity index (χ3v) is 24.8. The second-order valence-electron chi connectivity index (χ2n) is 33.5. The quantitative estimate of drug-likeness (QED) is 0.0252. The molecule has 37 N–H and O–H groups in total. The molecule has 0 radical (unpaired) electrons. The third-order valence-electron chi connectivity index (χ3n) is 22.7. The van der Waals surface area contributed by atoms with Crippen molar-refractivity contribution in [3.8, 4) is 0 Å². The van der Waals surface area contributed by atoms with E-state index in [4.69, 9.17) is 5.73 Å². The van der Waals surface area contributed by atoms with Crippen molar-refractivity contribution in [3.05, 3.63) is 0 Å². The molecule has 0 spiro atoms. The second-order valence-corrected chi connectivity index (χ2v) is 35.6. The molecule has 0 aromatic carbocycles. The van der Waals surface area contributed by atoms with Crippen molar-refractivity contribution < 1.29 is 189 Å². The molecule has 52 nitrogen and oxygen atoms in total. The van der Waals surface area contributed by atoms with Crippen LogP contribution in [0.2, 0.25) is 0 Å². The van der Waals surface area contributed by atoms with Crippen molar-refractivity contribution >= 4 is 118 Å². The van der Waals surface area contributed by atoms with E-state index in [1.165, 1.54) is 0 Å². The first kappa shape index (κ1) is 112. The first-order valence-corrected chi connectivity index (χ1v) is 44.6. The number of carbonyl (C=O) groups is 16. The number of carboxylic acid groups (broad SMARTS) is 2. The largest absolute Gasteiger partial charge is 0.480 e. The van der Waals surface area contributed by atoms with Gasteiger partial charge in [0.05, 0.1) is 72.5 Å². The third kappa shape index (κ3) is 34.8. The number of thioether (sulfide) groups is 2. The highest BCUT2D eigenvalue weighted by molar-refractivity contribution is 8.00. The van der Waals surface area contributed by atoms with Gasteiger partial charge >= 0.3 is 11.9 Å². The molecule has 16 atom stereocenters. The van der Waals surface area contributed by atoms with Gasteiger partial charge < -0.3 is 187 Å². The monoisotopic (exact) mass is 1910 g/mol. The van der Waals surface area contributed by atoms with Crippen LogP contribution < -0.4 is 74.9 Å². The number of primary amides is 1. The predicted molar refractivity (Wildman–Crippen MR) is 443 cm³/mol. The van der Waals surface area contributed by atoms with Gasteiger partial charge in [0.25, 0.3) is 29.5 Å². The molecule has 0 aromatic rings. The molecule has 5 aliphatic rings. The lowest BCUT2D eigenvalue weighted by Crippen LogP contribution is -2.62. The van der Waals surface area contributed by atoms with Crippen LogP contribution >= 0.6 is 23.5 Å². The van der Waals surface area contributed by atoms with Gasteiger partial charge in [0, 0.05) is 115 Å². The smallest absolute Gasteiger partial charge is 0.322 e. The van der Waals surface area contributed by atoms with Crippen LogP contribution in [0.25, 0.3) is 0 Å². The fourth-order valence-corrected chi connectivity index (χ4v) is 16.9. The Morgan fingerprint density at radius 2 is 0.515 bits per heavy atom. The van der Waals surface area contributed by atoms with Gasteiger partial charge in [0.2, 0.25) is 53.2 Å². The minimum Gasteiger partial charge on any atom is -0.480 e. The Balaban J connectivity index is 1.33. The van der Waals surface area contributed by atoms with Crippen molar-refractivity contribution in [1.82, 2.24) is 69.1 Å².